The largest absolute Gasteiger partial charge is 0.478 e. The molecule has 6 heteroatoms. The molecule has 0 amide bonds. The molecular formula is C24H28BrNO4. The average Bonchev–Trinajstić information content (AvgIpc) is 3.16. The van der Waals surface area contributed by atoms with Crippen LogP contribution in [0.5, 0.6) is 0 Å². The Labute approximate surface area is 186 Å². The molecule has 0 bridgehead atoms. The molecule has 2 aromatic carbocycles. The molecule has 30 heavy (non-hydrogen) atoms. The first-order valence-corrected chi connectivity index (χ1v) is 11.1. The number of oxime groups is 1. The Balaban J connectivity index is 1.88. The summed E-state index contributed by atoms with van der Waals surface area (Å²) in [4.78, 5) is 18.1. The van der Waals surface area contributed by atoms with E-state index in [0.29, 0.717) is 0 Å². The van der Waals surface area contributed by atoms with E-state index in [1.165, 1.54) is 0 Å². The second-order valence-corrected chi connectivity index (χ2v) is 8.66. The molecule has 1 aliphatic heterocycles. The van der Waals surface area contributed by atoms with Crippen LogP contribution in [-0.4, -0.2) is 22.4 Å². The standard InChI is InChI=1S/C24H28BrNO4/c1-3-4-5-10-21-15-24(23(27)28,30-26-21)22(18-11-13-20(25)14-12-18)29-16-19-9-7-6-8-17(19)2/h6-9,11-14,22H,3-5,10,15-16H2,1-2H3,(H,27,28). The first kappa shape index (κ1) is 22.5. The highest BCUT2D eigenvalue weighted by atomic mass is 79.9. The third-order valence-corrected chi connectivity index (χ3v) is 6.03. The van der Waals surface area contributed by atoms with E-state index >= 15 is 0 Å². The van der Waals surface area contributed by atoms with Crippen molar-refractivity contribution < 1.29 is 19.5 Å². The molecule has 1 aliphatic rings. The SMILES string of the molecule is CCCCCC1=NOC(C(=O)O)(C(OCc2ccccc2C)c2ccc(Br)cc2)C1. The van der Waals surface area contributed by atoms with Crippen LogP contribution >= 0.6 is 15.9 Å². The number of aryl methyl sites for hydroxylation is 1. The van der Waals surface area contributed by atoms with Crippen molar-refractivity contribution in [2.45, 2.75) is 64.3 Å². The molecule has 3 rings (SSSR count). The molecule has 0 saturated carbocycles. The van der Waals surface area contributed by atoms with Crippen LogP contribution in [0.3, 0.4) is 0 Å². The van der Waals surface area contributed by atoms with Gasteiger partial charge >= 0.3 is 5.97 Å². The van der Waals surface area contributed by atoms with Crippen LogP contribution in [0.2, 0.25) is 0 Å². The van der Waals surface area contributed by atoms with Gasteiger partial charge in [-0.25, -0.2) is 4.79 Å². The third-order valence-electron chi connectivity index (χ3n) is 5.50. The number of hydrogen-bond donors (Lipinski definition) is 1. The van der Waals surface area contributed by atoms with Crippen molar-refractivity contribution in [2.75, 3.05) is 0 Å². The zero-order chi connectivity index (χ0) is 21.6. The summed E-state index contributed by atoms with van der Waals surface area (Å²) in [7, 11) is 0. The average molecular weight is 474 g/mol. The minimum atomic E-state index is -1.57. The van der Waals surface area contributed by atoms with Gasteiger partial charge in [-0.05, 0) is 48.6 Å². The number of carboxylic acids is 1. The number of carboxylic acid groups (broad SMARTS) is 1. The van der Waals surface area contributed by atoms with E-state index in [-0.39, 0.29) is 13.0 Å². The first-order valence-electron chi connectivity index (χ1n) is 10.3. The highest BCUT2D eigenvalue weighted by molar-refractivity contribution is 9.10. The van der Waals surface area contributed by atoms with E-state index in [1.54, 1.807) is 0 Å². The number of benzene rings is 2. The molecule has 0 radical (unpaired) electrons. The van der Waals surface area contributed by atoms with Gasteiger partial charge in [0.15, 0.2) is 0 Å². The highest BCUT2D eigenvalue weighted by Gasteiger charge is 2.54. The zero-order valence-corrected chi connectivity index (χ0v) is 19.0. The molecule has 2 unspecified atom stereocenters. The van der Waals surface area contributed by atoms with E-state index in [2.05, 4.69) is 28.0 Å². The number of hydrogen-bond acceptors (Lipinski definition) is 4. The Bertz CT molecular complexity index is 896. The fourth-order valence-corrected chi connectivity index (χ4v) is 3.94. The monoisotopic (exact) mass is 473 g/mol. The van der Waals surface area contributed by atoms with Gasteiger partial charge in [-0.2, -0.15) is 0 Å². The minimum absolute atomic E-state index is 0.223. The summed E-state index contributed by atoms with van der Waals surface area (Å²) >= 11 is 3.44. The molecule has 1 N–H and O–H groups in total. The van der Waals surface area contributed by atoms with Gasteiger partial charge in [0.05, 0.1) is 12.3 Å². The number of nitrogens with zero attached hydrogens (tertiary/aromatic N) is 1. The van der Waals surface area contributed by atoms with Gasteiger partial charge in [0.1, 0.15) is 6.10 Å². The lowest BCUT2D eigenvalue weighted by atomic mass is 9.85. The van der Waals surface area contributed by atoms with E-state index in [9.17, 15) is 9.90 Å². The van der Waals surface area contributed by atoms with Crippen molar-refractivity contribution >= 4 is 27.6 Å². The number of ether oxygens (including phenoxy) is 1. The number of rotatable bonds is 10. The van der Waals surface area contributed by atoms with Crippen molar-refractivity contribution in [1.82, 2.24) is 0 Å². The van der Waals surface area contributed by atoms with Crippen molar-refractivity contribution in [3.8, 4) is 0 Å². The number of aliphatic carboxylic acids is 1. The maximum atomic E-state index is 12.5. The lowest BCUT2D eigenvalue weighted by Crippen LogP contribution is -2.46. The number of carbonyl (C=O) groups is 1. The maximum absolute atomic E-state index is 12.5. The topological polar surface area (TPSA) is 68.1 Å². The van der Waals surface area contributed by atoms with Crippen molar-refractivity contribution in [3.05, 3.63) is 69.7 Å². The molecule has 2 aromatic rings. The molecule has 0 aliphatic carbocycles. The summed E-state index contributed by atoms with van der Waals surface area (Å²) in [5.74, 6) is -1.06. The summed E-state index contributed by atoms with van der Waals surface area (Å²) in [5.41, 5.74) is 2.08. The minimum Gasteiger partial charge on any atom is -0.478 e. The van der Waals surface area contributed by atoms with Gasteiger partial charge in [0.25, 0.3) is 5.60 Å². The highest BCUT2D eigenvalue weighted by Crippen LogP contribution is 2.41. The molecule has 1 heterocycles. The predicted octanol–water partition coefficient (Wildman–Crippen LogP) is 6.20. The van der Waals surface area contributed by atoms with E-state index in [0.717, 1.165) is 52.6 Å². The van der Waals surface area contributed by atoms with Crippen LogP contribution in [0, 0.1) is 6.92 Å². The molecule has 5 nitrogen and oxygen atoms in total. The first-order chi connectivity index (χ1) is 14.5. The van der Waals surface area contributed by atoms with Crippen LogP contribution in [0.25, 0.3) is 0 Å². The summed E-state index contributed by atoms with van der Waals surface area (Å²) in [6.07, 6.45) is 3.32. The lowest BCUT2D eigenvalue weighted by Gasteiger charge is -2.32. The van der Waals surface area contributed by atoms with Crippen LogP contribution in [-0.2, 0) is 21.0 Å². The van der Waals surface area contributed by atoms with E-state index in [4.69, 9.17) is 9.57 Å². The van der Waals surface area contributed by atoms with Crippen LogP contribution < -0.4 is 0 Å². The number of unbranched alkanes of at least 4 members (excludes halogenated alkanes) is 2. The van der Waals surface area contributed by atoms with Gasteiger partial charge in [-0.3, -0.25) is 0 Å². The molecule has 2 atom stereocenters. The van der Waals surface area contributed by atoms with Crippen LogP contribution in [0.15, 0.2) is 58.2 Å². The fraction of sp³-hybridized carbons (Fsp3) is 0.417. The van der Waals surface area contributed by atoms with Crippen LogP contribution in [0.4, 0.5) is 0 Å². The summed E-state index contributed by atoms with van der Waals surface area (Å²) in [6, 6.07) is 15.4. The van der Waals surface area contributed by atoms with Gasteiger partial charge in [0, 0.05) is 10.9 Å². The van der Waals surface area contributed by atoms with Crippen molar-refractivity contribution in [1.29, 1.82) is 0 Å². The lowest BCUT2D eigenvalue weighted by molar-refractivity contribution is -0.187. The molecule has 0 aromatic heterocycles. The summed E-state index contributed by atoms with van der Waals surface area (Å²) < 4.78 is 7.18. The van der Waals surface area contributed by atoms with Gasteiger partial charge in [-0.1, -0.05) is 77.2 Å². The van der Waals surface area contributed by atoms with Gasteiger partial charge < -0.3 is 14.7 Å². The van der Waals surface area contributed by atoms with Crippen molar-refractivity contribution in [3.63, 3.8) is 0 Å². The smallest absolute Gasteiger partial charge is 0.354 e. The fourth-order valence-electron chi connectivity index (χ4n) is 3.68. The maximum Gasteiger partial charge on any atom is 0.354 e. The van der Waals surface area contributed by atoms with Gasteiger partial charge in [-0.15, -0.1) is 0 Å². The van der Waals surface area contributed by atoms with E-state index in [1.807, 2.05) is 55.5 Å². The Morgan fingerprint density at radius 2 is 1.97 bits per heavy atom. The Hall–Kier alpha value is -2.18. The van der Waals surface area contributed by atoms with E-state index < -0.39 is 17.7 Å². The normalized spacial score (nSPS) is 19.2. The van der Waals surface area contributed by atoms with Crippen LogP contribution in [0.1, 0.15) is 61.8 Å². The third kappa shape index (κ3) is 5.10. The molecule has 160 valence electrons. The number of halogens is 1. The Morgan fingerprint density at radius 1 is 1.23 bits per heavy atom. The molecular weight excluding hydrogens is 446 g/mol. The zero-order valence-electron chi connectivity index (χ0n) is 17.4. The summed E-state index contributed by atoms with van der Waals surface area (Å²) in [6.45, 7) is 4.44. The predicted molar refractivity (Wildman–Crippen MR) is 120 cm³/mol. The van der Waals surface area contributed by atoms with Crippen molar-refractivity contribution in [2.24, 2.45) is 5.16 Å². The quantitative estimate of drug-likeness (QED) is 0.417. The molecule has 0 saturated heterocycles. The molecule has 0 fully saturated rings. The Kier molecular flexibility index (Phi) is 7.67. The second kappa shape index (κ2) is 10.2. The molecule has 0 spiro atoms. The summed E-state index contributed by atoms with van der Waals surface area (Å²) in [5, 5.41) is 14.4. The Morgan fingerprint density at radius 3 is 2.63 bits per heavy atom. The van der Waals surface area contributed by atoms with Gasteiger partial charge in [0.2, 0.25) is 0 Å². The second-order valence-electron chi connectivity index (χ2n) is 7.75.